The minimum Gasteiger partial charge on any atom is -0.478 e. The molecule has 0 spiro atoms. The Balaban J connectivity index is 1.87. The monoisotopic (exact) mass is 443 g/mol. The number of nitrogens with zero attached hydrogens (tertiary/aromatic N) is 1. The first-order valence-corrected chi connectivity index (χ1v) is 11.0. The van der Waals surface area contributed by atoms with Gasteiger partial charge in [0.25, 0.3) is 5.91 Å². The van der Waals surface area contributed by atoms with Gasteiger partial charge in [-0.2, -0.15) is 0 Å². The molecule has 0 N–H and O–H groups in total. The zero-order valence-electron chi connectivity index (χ0n) is 18.8. The molecule has 166 valence electrons. The molecule has 31 heavy (non-hydrogen) atoms. The summed E-state index contributed by atoms with van der Waals surface area (Å²) in [5.74, 6) is 0.166. The van der Waals surface area contributed by atoms with Crippen molar-refractivity contribution >= 4 is 23.5 Å². The Morgan fingerprint density at radius 2 is 1.74 bits per heavy atom. The van der Waals surface area contributed by atoms with Crippen LogP contribution in [0.15, 0.2) is 36.4 Å². The molecule has 1 heterocycles. The first-order valence-electron chi connectivity index (χ1n) is 10.6. The summed E-state index contributed by atoms with van der Waals surface area (Å²) < 4.78 is 11.4. The maximum Gasteiger partial charge on any atom is 0.347 e. The van der Waals surface area contributed by atoms with Crippen molar-refractivity contribution in [2.75, 3.05) is 13.1 Å². The topological polar surface area (TPSA) is 55.8 Å². The van der Waals surface area contributed by atoms with E-state index in [4.69, 9.17) is 21.1 Å². The lowest BCUT2D eigenvalue weighted by Gasteiger charge is -2.23. The zero-order valence-corrected chi connectivity index (χ0v) is 19.6. The van der Waals surface area contributed by atoms with E-state index in [2.05, 4.69) is 0 Å². The fourth-order valence-corrected chi connectivity index (χ4v) is 3.79. The van der Waals surface area contributed by atoms with E-state index in [0.29, 0.717) is 16.3 Å². The average Bonchev–Trinajstić information content (AvgIpc) is 3.22. The number of ether oxygens (including phenoxy) is 2. The molecule has 2 aromatic rings. The van der Waals surface area contributed by atoms with Gasteiger partial charge in [0.1, 0.15) is 11.4 Å². The number of amides is 1. The van der Waals surface area contributed by atoms with E-state index in [1.54, 1.807) is 25.1 Å². The number of benzene rings is 2. The number of hydrogen-bond acceptors (Lipinski definition) is 4. The van der Waals surface area contributed by atoms with E-state index in [9.17, 15) is 9.59 Å². The predicted octanol–water partition coefficient (Wildman–Crippen LogP) is 5.66. The highest BCUT2D eigenvalue weighted by Gasteiger charge is 2.25. The van der Waals surface area contributed by atoms with E-state index in [0.717, 1.165) is 42.6 Å². The average molecular weight is 444 g/mol. The quantitative estimate of drug-likeness (QED) is 0.559. The van der Waals surface area contributed by atoms with Gasteiger partial charge in [-0.05, 0) is 82.9 Å². The van der Waals surface area contributed by atoms with Crippen LogP contribution in [0.1, 0.15) is 56.5 Å². The van der Waals surface area contributed by atoms with Gasteiger partial charge >= 0.3 is 5.97 Å². The van der Waals surface area contributed by atoms with Crippen molar-refractivity contribution in [3.05, 3.63) is 52.5 Å². The summed E-state index contributed by atoms with van der Waals surface area (Å²) in [6, 6.07) is 11.0. The van der Waals surface area contributed by atoms with Crippen LogP contribution in [-0.4, -0.2) is 41.6 Å². The molecule has 1 amide bonds. The summed E-state index contributed by atoms with van der Waals surface area (Å²) in [4.78, 5) is 27.1. The van der Waals surface area contributed by atoms with E-state index >= 15 is 0 Å². The Hall–Kier alpha value is -2.53. The highest BCUT2D eigenvalue weighted by molar-refractivity contribution is 6.31. The number of carbonyl (C=O) groups excluding carboxylic acids is 2. The van der Waals surface area contributed by atoms with Crippen LogP contribution in [-0.2, 0) is 9.53 Å². The summed E-state index contributed by atoms with van der Waals surface area (Å²) in [5.41, 5.74) is 2.63. The Morgan fingerprint density at radius 3 is 2.35 bits per heavy atom. The Labute approximate surface area is 189 Å². The van der Waals surface area contributed by atoms with Gasteiger partial charge < -0.3 is 14.4 Å². The molecule has 2 aromatic carbocycles. The van der Waals surface area contributed by atoms with Gasteiger partial charge in [0.15, 0.2) is 6.10 Å². The standard InChI is InChI=1S/C25H30ClNO4/c1-16-14-18(8-10-20(16)23(28)27-12-6-7-13-27)21-15-19(26)9-11-22(21)30-17(2)24(29)31-25(3,4)5/h8-11,14-15,17H,6-7,12-13H2,1-5H3/t17-/m0/s1. The number of likely N-dealkylation sites (tertiary alicyclic amines) is 1. The van der Waals surface area contributed by atoms with Gasteiger partial charge in [0, 0.05) is 29.2 Å². The van der Waals surface area contributed by atoms with E-state index < -0.39 is 17.7 Å². The minimum absolute atomic E-state index is 0.0719. The lowest BCUT2D eigenvalue weighted by molar-refractivity contribution is -0.162. The molecule has 0 bridgehead atoms. The van der Waals surface area contributed by atoms with Crippen LogP contribution in [0.25, 0.3) is 11.1 Å². The van der Waals surface area contributed by atoms with Crippen molar-refractivity contribution in [2.24, 2.45) is 0 Å². The van der Waals surface area contributed by atoms with Gasteiger partial charge in [-0.3, -0.25) is 4.79 Å². The van der Waals surface area contributed by atoms with Crippen LogP contribution in [0.3, 0.4) is 0 Å². The third-order valence-electron chi connectivity index (χ3n) is 5.15. The van der Waals surface area contributed by atoms with Crippen molar-refractivity contribution in [3.8, 4) is 16.9 Å². The normalized spacial score (nSPS) is 15.0. The molecule has 1 saturated heterocycles. The fourth-order valence-electron chi connectivity index (χ4n) is 3.62. The van der Waals surface area contributed by atoms with Crippen LogP contribution in [0.2, 0.25) is 5.02 Å². The second-order valence-electron chi connectivity index (χ2n) is 8.96. The van der Waals surface area contributed by atoms with Crippen LogP contribution < -0.4 is 4.74 Å². The lowest BCUT2D eigenvalue weighted by Crippen LogP contribution is -2.33. The fraction of sp³-hybridized carbons (Fsp3) is 0.440. The SMILES string of the molecule is Cc1cc(-c2cc(Cl)ccc2O[C@@H](C)C(=O)OC(C)(C)C)ccc1C(=O)N1CCCC1. The maximum absolute atomic E-state index is 12.8. The summed E-state index contributed by atoms with van der Waals surface area (Å²) in [7, 11) is 0. The van der Waals surface area contributed by atoms with Gasteiger partial charge in [-0.1, -0.05) is 23.7 Å². The molecule has 0 radical (unpaired) electrons. The Bertz CT molecular complexity index is 974. The maximum atomic E-state index is 12.8. The third-order valence-corrected chi connectivity index (χ3v) is 5.38. The van der Waals surface area contributed by atoms with Crippen LogP contribution in [0.5, 0.6) is 5.75 Å². The summed E-state index contributed by atoms with van der Waals surface area (Å²) in [6.07, 6.45) is 1.33. The predicted molar refractivity (Wildman–Crippen MR) is 123 cm³/mol. The van der Waals surface area contributed by atoms with E-state index in [-0.39, 0.29) is 5.91 Å². The zero-order chi connectivity index (χ0) is 22.8. The van der Waals surface area contributed by atoms with Crippen molar-refractivity contribution in [2.45, 2.75) is 59.2 Å². The molecule has 6 heteroatoms. The molecule has 1 atom stereocenters. The molecule has 1 fully saturated rings. The van der Waals surface area contributed by atoms with Crippen LogP contribution in [0.4, 0.5) is 0 Å². The highest BCUT2D eigenvalue weighted by Crippen LogP contribution is 2.35. The molecule has 0 aliphatic carbocycles. The van der Waals surface area contributed by atoms with Crippen molar-refractivity contribution in [1.29, 1.82) is 0 Å². The van der Waals surface area contributed by atoms with Crippen molar-refractivity contribution in [1.82, 2.24) is 4.90 Å². The van der Waals surface area contributed by atoms with Gasteiger partial charge in [-0.15, -0.1) is 0 Å². The largest absolute Gasteiger partial charge is 0.478 e. The third kappa shape index (κ3) is 5.79. The number of aryl methyl sites for hydroxylation is 1. The second kappa shape index (κ2) is 9.31. The minimum atomic E-state index is -0.781. The van der Waals surface area contributed by atoms with Crippen LogP contribution in [0, 0.1) is 6.92 Å². The lowest BCUT2D eigenvalue weighted by atomic mass is 9.98. The molecule has 0 aromatic heterocycles. The Kier molecular flexibility index (Phi) is 6.95. The van der Waals surface area contributed by atoms with Crippen LogP contribution >= 0.6 is 11.6 Å². The summed E-state index contributed by atoms with van der Waals surface area (Å²) >= 11 is 6.25. The molecule has 0 unspecified atom stereocenters. The smallest absolute Gasteiger partial charge is 0.347 e. The summed E-state index contributed by atoms with van der Waals surface area (Å²) in [5, 5.41) is 0.558. The molecule has 3 rings (SSSR count). The van der Waals surface area contributed by atoms with E-state index in [1.807, 2.05) is 50.8 Å². The van der Waals surface area contributed by atoms with Gasteiger partial charge in [0.05, 0.1) is 0 Å². The van der Waals surface area contributed by atoms with E-state index in [1.165, 1.54) is 0 Å². The molecule has 5 nitrogen and oxygen atoms in total. The molecular formula is C25H30ClNO4. The second-order valence-corrected chi connectivity index (χ2v) is 9.40. The Morgan fingerprint density at radius 1 is 1.06 bits per heavy atom. The van der Waals surface area contributed by atoms with Gasteiger partial charge in [0.2, 0.25) is 0 Å². The molecule has 1 aliphatic heterocycles. The number of carbonyl (C=O) groups is 2. The summed E-state index contributed by atoms with van der Waals surface area (Å²) in [6.45, 7) is 10.7. The molecule has 1 aliphatic rings. The molecule has 0 saturated carbocycles. The first-order chi connectivity index (χ1) is 14.5. The highest BCUT2D eigenvalue weighted by atomic mass is 35.5. The number of rotatable bonds is 5. The first kappa shape index (κ1) is 23.1. The number of esters is 1. The molecular weight excluding hydrogens is 414 g/mol. The number of halogens is 1. The van der Waals surface area contributed by atoms with Crippen molar-refractivity contribution < 1.29 is 19.1 Å². The van der Waals surface area contributed by atoms with Crippen molar-refractivity contribution in [3.63, 3.8) is 0 Å². The van der Waals surface area contributed by atoms with Gasteiger partial charge in [-0.25, -0.2) is 4.79 Å². The number of hydrogen-bond donors (Lipinski definition) is 0.